The summed E-state index contributed by atoms with van der Waals surface area (Å²) in [6.07, 6.45) is 5.09. The van der Waals surface area contributed by atoms with Crippen LogP contribution in [0.25, 0.3) is 0 Å². The van der Waals surface area contributed by atoms with Gasteiger partial charge >= 0.3 is 6.09 Å². The Balaban J connectivity index is 0.000000928. The summed E-state index contributed by atoms with van der Waals surface area (Å²) in [4.78, 5) is 120. The number of hydrogen-bond donors (Lipinski definition) is 5. The average Bonchev–Trinajstić information content (AvgIpc) is 2.80. The number of aliphatic hydroxyl groups is 1. The van der Waals surface area contributed by atoms with Crippen molar-refractivity contribution in [1.29, 1.82) is 0 Å². The molecule has 89 heavy (non-hydrogen) atoms. The Bertz CT molecular complexity index is 2480. The Morgan fingerprint density at radius 2 is 1.39 bits per heavy atom. The minimum atomic E-state index is -0.840. The molecule has 1 fully saturated rings. The maximum Gasteiger partial charge on any atom is 0.410 e. The number of anilines is 1. The van der Waals surface area contributed by atoms with Gasteiger partial charge in [-0.1, -0.05) is 111 Å². The fourth-order valence-corrected chi connectivity index (χ4v) is 11.9. The Kier molecular flexibility index (Phi) is 36.7. The molecule has 20 nitrogen and oxygen atoms in total. The molecule has 1 heterocycles. The number of unbranched alkanes of at least 4 members (excludes halogenated alkanes) is 1. The fourth-order valence-electron chi connectivity index (χ4n) is 11.9. The molecule has 502 valence electrons. The molecule has 0 bridgehead atoms. The van der Waals surface area contributed by atoms with E-state index in [0.717, 1.165) is 42.6 Å². The number of aliphatic hydroxyl groups excluding tert-OH is 1. The SMILES string of the molecule is CC[C@H](C)[C@@H]([C@@H](CC(C)=O)OC)N(C)C(=O)[C@H](CC(=O)[C@H](C(C)C)N(C)C(=O)OCc1ccc(NC[C@H](CCCNC=O)CC(=O)[C@@H](NC(=O)CCCCC(C)=O)C(C)C)cc1)C(C)C.CO[C@H]([C@@H](C)C(=O)N[C@H](C)[C@@H](O)c1ccccc1)[C@@H]1CCCN1C. The van der Waals surface area contributed by atoms with Crippen LogP contribution in [0, 0.1) is 41.4 Å². The van der Waals surface area contributed by atoms with Crippen molar-refractivity contribution in [3.8, 4) is 0 Å². The minimum absolute atomic E-state index is 0.0317. The first-order chi connectivity index (χ1) is 42.0. The molecule has 0 aromatic heterocycles. The topological polar surface area (TPSA) is 259 Å². The summed E-state index contributed by atoms with van der Waals surface area (Å²) < 4.78 is 17.1. The maximum atomic E-state index is 14.2. The number of Topliss-reactive ketones (excluding diaryl/α,β-unsaturated/α-hetero) is 4. The van der Waals surface area contributed by atoms with Crippen molar-refractivity contribution in [3.05, 3.63) is 65.7 Å². The second kappa shape index (κ2) is 41.3. The van der Waals surface area contributed by atoms with Crippen molar-refractivity contribution >= 4 is 59.0 Å². The lowest BCUT2D eigenvalue weighted by molar-refractivity contribution is -0.146. The van der Waals surface area contributed by atoms with Gasteiger partial charge in [-0.05, 0) is 126 Å². The van der Waals surface area contributed by atoms with Gasteiger partial charge in [0.1, 0.15) is 18.2 Å². The number of methoxy groups -OCH3 is 2. The lowest BCUT2D eigenvalue weighted by atomic mass is 9.83. The molecule has 0 unspecified atom stereocenters. The second-order valence-corrected chi connectivity index (χ2v) is 25.7. The molecule has 0 saturated carbocycles. The quantitative estimate of drug-likeness (QED) is 0.0307. The summed E-state index contributed by atoms with van der Waals surface area (Å²) in [5.74, 6) is -2.31. The standard InChI is InChI=1S/C50H83N5O10.C19H30N2O3/c1-14-35(8)48(44(64-13)26-37(10)58)54(11)49(62)41(32(2)3)28-43(60)47(34(6)7)55(12)50(63)65-30-38-21-23-40(24-22-38)52-29-39(19-17-25-51-31-56)27-42(59)46(33(4)5)53-45(61)20-16-15-18-36(9)57;1-13(18(24-4)16-11-8-12-21(16)3)19(23)20-14(2)17(22)15-9-6-5-7-10-15/h21-24,31-35,39,41,44,46-48,52H,14-20,25-30H2,1-13H3,(H,51,56)(H,53,61);5-7,9-10,13-14,16-18,22H,8,11-12H2,1-4H3,(H,20,23)/t35-,39+,41+,44+,46-,47-,48-;13-,14-,16+,17-,18-/m01/s1. The van der Waals surface area contributed by atoms with Crippen molar-refractivity contribution < 1.29 is 62.5 Å². The van der Waals surface area contributed by atoms with Crippen LogP contribution in [0.5, 0.6) is 0 Å². The monoisotopic (exact) mass is 1250 g/mol. The van der Waals surface area contributed by atoms with Crippen molar-refractivity contribution in [1.82, 2.24) is 30.7 Å². The first-order valence-electron chi connectivity index (χ1n) is 32.3. The van der Waals surface area contributed by atoms with E-state index in [1.165, 1.54) is 25.8 Å². The van der Waals surface area contributed by atoms with Crippen LogP contribution >= 0.6 is 0 Å². The molecule has 2 aromatic carbocycles. The van der Waals surface area contributed by atoms with Crippen LogP contribution in [0.3, 0.4) is 0 Å². The summed E-state index contributed by atoms with van der Waals surface area (Å²) in [6, 6.07) is 14.8. The van der Waals surface area contributed by atoms with Gasteiger partial charge in [-0.2, -0.15) is 0 Å². The Labute approximate surface area is 532 Å². The summed E-state index contributed by atoms with van der Waals surface area (Å²) in [5.41, 5.74) is 2.31. The van der Waals surface area contributed by atoms with Gasteiger partial charge in [0.05, 0.1) is 48.4 Å². The third kappa shape index (κ3) is 27.1. The molecular formula is C69H113N7O13. The number of carbonyl (C=O) groups is 9. The predicted octanol–water partition coefficient (Wildman–Crippen LogP) is 9.15. The molecule has 2 aromatic rings. The van der Waals surface area contributed by atoms with E-state index < -0.39 is 36.3 Å². The van der Waals surface area contributed by atoms with E-state index >= 15 is 0 Å². The van der Waals surface area contributed by atoms with Crippen molar-refractivity contribution in [2.24, 2.45) is 41.4 Å². The van der Waals surface area contributed by atoms with Crippen LogP contribution in [0.15, 0.2) is 54.6 Å². The largest absolute Gasteiger partial charge is 0.445 e. The molecular weight excluding hydrogens is 1130 g/mol. The number of carbonyl (C=O) groups excluding carboxylic acids is 9. The highest BCUT2D eigenvalue weighted by Crippen LogP contribution is 2.30. The maximum absolute atomic E-state index is 14.2. The highest BCUT2D eigenvalue weighted by atomic mass is 16.6. The number of nitrogens with one attached hydrogen (secondary N) is 4. The van der Waals surface area contributed by atoms with Gasteiger partial charge in [-0.25, -0.2) is 4.79 Å². The van der Waals surface area contributed by atoms with Crippen molar-refractivity contribution in [2.75, 3.05) is 60.3 Å². The minimum Gasteiger partial charge on any atom is -0.445 e. The first kappa shape index (κ1) is 79.0. The highest BCUT2D eigenvalue weighted by molar-refractivity contribution is 5.92. The molecule has 1 aliphatic rings. The van der Waals surface area contributed by atoms with Gasteiger partial charge < -0.3 is 60.1 Å². The van der Waals surface area contributed by atoms with Gasteiger partial charge in [0.25, 0.3) is 0 Å². The second-order valence-electron chi connectivity index (χ2n) is 25.7. The van der Waals surface area contributed by atoms with E-state index in [-0.39, 0.29) is 133 Å². The van der Waals surface area contributed by atoms with Crippen molar-refractivity contribution in [3.63, 3.8) is 0 Å². The molecule has 5 N–H and O–H groups in total. The average molecular weight is 1250 g/mol. The molecule has 0 aliphatic carbocycles. The number of rotatable bonds is 41. The van der Waals surface area contributed by atoms with Crippen LogP contribution in [-0.4, -0.2) is 171 Å². The first-order valence-corrected chi connectivity index (χ1v) is 32.3. The van der Waals surface area contributed by atoms with Gasteiger partial charge in [-0.3, -0.25) is 33.6 Å². The normalized spacial score (nSPS) is 17.0. The van der Waals surface area contributed by atoms with Gasteiger partial charge in [-0.15, -0.1) is 0 Å². The highest BCUT2D eigenvalue weighted by Gasteiger charge is 2.41. The lowest BCUT2D eigenvalue weighted by Gasteiger charge is -2.40. The van der Waals surface area contributed by atoms with Gasteiger partial charge in [0, 0.05) is 91.2 Å². The van der Waals surface area contributed by atoms with Crippen LogP contribution in [0.4, 0.5) is 10.5 Å². The van der Waals surface area contributed by atoms with E-state index in [1.54, 1.807) is 26.2 Å². The fraction of sp³-hybridized carbons (Fsp3) is 0.696. The zero-order valence-corrected chi connectivity index (χ0v) is 56.9. The number of ether oxygens (including phenoxy) is 3. The zero-order valence-electron chi connectivity index (χ0n) is 56.9. The molecule has 5 amide bonds. The molecule has 12 atom stereocenters. The molecule has 0 radical (unpaired) electrons. The van der Waals surface area contributed by atoms with E-state index in [0.29, 0.717) is 51.6 Å². The summed E-state index contributed by atoms with van der Waals surface area (Å²) in [7, 11) is 8.54. The van der Waals surface area contributed by atoms with E-state index in [2.05, 4.69) is 33.2 Å². The van der Waals surface area contributed by atoms with E-state index in [1.807, 2.05) is 124 Å². The van der Waals surface area contributed by atoms with Crippen molar-refractivity contribution in [2.45, 2.75) is 215 Å². The third-order valence-corrected chi connectivity index (χ3v) is 17.5. The lowest BCUT2D eigenvalue weighted by Crippen LogP contribution is -2.53. The Hall–Kier alpha value is -6.09. The Morgan fingerprint density at radius 1 is 0.753 bits per heavy atom. The summed E-state index contributed by atoms with van der Waals surface area (Å²) >= 11 is 0. The van der Waals surface area contributed by atoms with Crippen LogP contribution in [0.2, 0.25) is 0 Å². The number of amides is 5. The van der Waals surface area contributed by atoms with E-state index in [9.17, 15) is 48.3 Å². The third-order valence-electron chi connectivity index (χ3n) is 17.5. The summed E-state index contributed by atoms with van der Waals surface area (Å²) in [6.45, 7) is 24.0. The number of likely N-dealkylation sites (tertiary alicyclic amines) is 1. The molecule has 1 saturated heterocycles. The molecule has 20 heteroatoms. The number of likely N-dealkylation sites (N-methyl/N-ethyl adjacent to an activating group) is 3. The van der Waals surface area contributed by atoms with Crippen LogP contribution in [-0.2, 0) is 59.2 Å². The number of nitrogens with zero attached hydrogens (tertiary/aromatic N) is 3. The van der Waals surface area contributed by atoms with Gasteiger partial charge in [0.2, 0.25) is 24.1 Å². The number of hydrogen-bond acceptors (Lipinski definition) is 15. The molecule has 1 aliphatic heterocycles. The van der Waals surface area contributed by atoms with E-state index in [4.69, 9.17) is 14.2 Å². The van der Waals surface area contributed by atoms with Crippen LogP contribution in [0.1, 0.15) is 177 Å². The van der Waals surface area contributed by atoms with Gasteiger partial charge in [0.15, 0.2) is 11.6 Å². The smallest absolute Gasteiger partial charge is 0.410 e. The number of ketones is 4. The van der Waals surface area contributed by atoms with Crippen LogP contribution < -0.4 is 21.3 Å². The zero-order chi connectivity index (χ0) is 67.1. The summed E-state index contributed by atoms with van der Waals surface area (Å²) in [5, 5.41) is 22.3. The molecule has 0 spiro atoms. The predicted molar refractivity (Wildman–Crippen MR) is 349 cm³/mol. The Morgan fingerprint density at radius 3 is 1.92 bits per heavy atom. The molecule has 3 rings (SSSR count). The number of benzene rings is 2.